The molecule has 0 radical (unpaired) electrons. The van der Waals surface area contributed by atoms with Gasteiger partial charge in [-0.05, 0) is 35.9 Å². The van der Waals surface area contributed by atoms with Crippen LogP contribution in [0.2, 0.25) is 0 Å². The lowest BCUT2D eigenvalue weighted by Crippen LogP contribution is -2.16. The zero-order chi connectivity index (χ0) is 18.2. The molecule has 25 heavy (non-hydrogen) atoms. The van der Waals surface area contributed by atoms with Crippen LogP contribution in [0.3, 0.4) is 0 Å². The molecule has 6 heteroatoms. The van der Waals surface area contributed by atoms with Crippen molar-refractivity contribution in [3.8, 4) is 12.1 Å². The Morgan fingerprint density at radius 2 is 1.76 bits per heavy atom. The quantitative estimate of drug-likeness (QED) is 0.527. The van der Waals surface area contributed by atoms with Gasteiger partial charge in [-0.2, -0.15) is 10.5 Å². The van der Waals surface area contributed by atoms with E-state index >= 15 is 0 Å². The highest BCUT2D eigenvalue weighted by atomic mass is 16.5. The second kappa shape index (κ2) is 8.09. The van der Waals surface area contributed by atoms with Crippen molar-refractivity contribution in [2.75, 3.05) is 12.4 Å². The molecule has 0 aromatic heterocycles. The van der Waals surface area contributed by atoms with Gasteiger partial charge in [0, 0.05) is 0 Å². The third kappa shape index (κ3) is 4.31. The Kier molecular flexibility index (Phi) is 5.65. The molecule has 0 saturated heterocycles. The summed E-state index contributed by atoms with van der Waals surface area (Å²) in [6.45, 7) is 0. The first-order chi connectivity index (χ1) is 12.1. The van der Waals surface area contributed by atoms with E-state index in [0.29, 0.717) is 11.1 Å². The van der Waals surface area contributed by atoms with Crippen LogP contribution in [0.25, 0.3) is 6.08 Å². The van der Waals surface area contributed by atoms with E-state index in [1.807, 2.05) is 12.1 Å². The topological polar surface area (TPSA) is 103 Å². The fourth-order valence-corrected chi connectivity index (χ4v) is 2.04. The van der Waals surface area contributed by atoms with Gasteiger partial charge in [0.05, 0.1) is 30.0 Å². The number of nitriles is 2. The van der Waals surface area contributed by atoms with Crippen molar-refractivity contribution in [2.45, 2.75) is 0 Å². The Hall–Kier alpha value is -3.90. The molecule has 0 fully saturated rings. The first kappa shape index (κ1) is 17.5. The summed E-state index contributed by atoms with van der Waals surface area (Å²) in [5.41, 5.74) is 1.39. The summed E-state index contributed by atoms with van der Waals surface area (Å²) < 4.78 is 4.67. The maximum atomic E-state index is 12.3. The highest BCUT2D eigenvalue weighted by Crippen LogP contribution is 2.17. The lowest BCUT2D eigenvalue weighted by atomic mass is 10.1. The van der Waals surface area contributed by atoms with E-state index in [2.05, 4.69) is 10.1 Å². The Balaban J connectivity index is 2.27. The van der Waals surface area contributed by atoms with Gasteiger partial charge in [-0.15, -0.1) is 0 Å². The number of ether oxygens (including phenoxy) is 1. The van der Waals surface area contributed by atoms with Gasteiger partial charge in [-0.1, -0.05) is 24.3 Å². The fourth-order valence-electron chi connectivity index (χ4n) is 2.04. The highest BCUT2D eigenvalue weighted by molar-refractivity contribution is 6.11. The van der Waals surface area contributed by atoms with E-state index in [9.17, 15) is 14.9 Å². The summed E-state index contributed by atoms with van der Waals surface area (Å²) in [5.74, 6) is -1.24. The number of hydrogen-bond donors (Lipinski definition) is 1. The third-order valence-electron chi connectivity index (χ3n) is 3.30. The van der Waals surface area contributed by atoms with E-state index in [1.165, 1.54) is 19.3 Å². The molecular weight excluding hydrogens is 318 g/mol. The van der Waals surface area contributed by atoms with Crippen molar-refractivity contribution in [3.05, 3.63) is 70.8 Å². The molecule has 0 atom stereocenters. The number of esters is 1. The zero-order valence-electron chi connectivity index (χ0n) is 13.3. The molecule has 1 N–H and O–H groups in total. The fraction of sp³-hybridized carbons (Fsp3) is 0.0526. The summed E-state index contributed by atoms with van der Waals surface area (Å²) in [4.78, 5) is 24.1. The smallest absolute Gasteiger partial charge is 0.339 e. The molecule has 0 bridgehead atoms. The van der Waals surface area contributed by atoms with E-state index in [0.717, 1.165) is 0 Å². The van der Waals surface area contributed by atoms with Crippen LogP contribution >= 0.6 is 0 Å². The lowest BCUT2D eigenvalue weighted by Gasteiger charge is -2.09. The Bertz CT molecular complexity index is 916. The Morgan fingerprint density at radius 3 is 2.36 bits per heavy atom. The molecule has 1 amide bonds. The number of anilines is 1. The van der Waals surface area contributed by atoms with Gasteiger partial charge >= 0.3 is 5.97 Å². The molecule has 2 aromatic rings. The number of benzene rings is 2. The van der Waals surface area contributed by atoms with Gasteiger partial charge in [-0.25, -0.2) is 4.79 Å². The van der Waals surface area contributed by atoms with Crippen LogP contribution in [0.1, 0.15) is 21.5 Å². The zero-order valence-corrected chi connectivity index (χ0v) is 13.3. The molecular formula is C19H13N3O3. The van der Waals surface area contributed by atoms with Crippen molar-refractivity contribution >= 4 is 23.6 Å². The van der Waals surface area contributed by atoms with Gasteiger partial charge in [0.15, 0.2) is 0 Å². The van der Waals surface area contributed by atoms with Crippen LogP contribution < -0.4 is 5.32 Å². The van der Waals surface area contributed by atoms with Crippen molar-refractivity contribution in [1.82, 2.24) is 0 Å². The first-order valence-electron chi connectivity index (χ1n) is 7.19. The average molecular weight is 331 g/mol. The van der Waals surface area contributed by atoms with E-state index in [1.54, 1.807) is 42.5 Å². The molecule has 122 valence electrons. The number of amides is 1. The number of nitrogens with zero attached hydrogens (tertiary/aromatic N) is 2. The standard InChI is InChI=1S/C19H13N3O3/c1-25-19(24)16-4-2-3-5-17(16)22-18(23)15(12-21)10-13-6-8-14(11-20)9-7-13/h2-10H,1H3,(H,22,23)/b15-10-. The number of rotatable bonds is 4. The summed E-state index contributed by atoms with van der Waals surface area (Å²) in [6, 6.07) is 16.6. The predicted octanol–water partition coefficient (Wildman–Crippen LogP) is 2.89. The van der Waals surface area contributed by atoms with Crippen LogP contribution in [0, 0.1) is 22.7 Å². The molecule has 0 saturated carbocycles. The molecule has 2 rings (SSSR count). The second-order valence-corrected chi connectivity index (χ2v) is 4.89. The Labute approximate surface area is 144 Å². The van der Waals surface area contributed by atoms with Gasteiger partial charge in [0.2, 0.25) is 0 Å². The SMILES string of the molecule is COC(=O)c1ccccc1NC(=O)/C(C#N)=C\c1ccc(C#N)cc1. The van der Waals surface area contributed by atoms with Crippen LogP contribution in [-0.4, -0.2) is 19.0 Å². The summed E-state index contributed by atoms with van der Waals surface area (Å²) in [7, 11) is 1.24. The average Bonchev–Trinajstić information content (AvgIpc) is 2.66. The van der Waals surface area contributed by atoms with Crippen molar-refractivity contribution in [3.63, 3.8) is 0 Å². The van der Waals surface area contributed by atoms with E-state index < -0.39 is 11.9 Å². The number of hydrogen-bond acceptors (Lipinski definition) is 5. The van der Waals surface area contributed by atoms with Crippen LogP contribution in [0.4, 0.5) is 5.69 Å². The molecule has 0 heterocycles. The molecule has 0 aliphatic carbocycles. The monoisotopic (exact) mass is 331 g/mol. The normalized spacial score (nSPS) is 10.3. The summed E-state index contributed by atoms with van der Waals surface area (Å²) in [6.07, 6.45) is 1.40. The minimum atomic E-state index is -0.650. The van der Waals surface area contributed by atoms with Gasteiger partial charge in [0.25, 0.3) is 5.91 Å². The first-order valence-corrected chi connectivity index (χ1v) is 7.19. The van der Waals surface area contributed by atoms with Gasteiger partial charge in [-0.3, -0.25) is 4.79 Å². The van der Waals surface area contributed by atoms with E-state index in [4.69, 9.17) is 5.26 Å². The number of nitrogens with one attached hydrogen (secondary N) is 1. The minimum Gasteiger partial charge on any atom is -0.465 e. The molecule has 0 unspecified atom stereocenters. The van der Waals surface area contributed by atoms with Crippen molar-refractivity contribution in [1.29, 1.82) is 10.5 Å². The predicted molar refractivity (Wildman–Crippen MR) is 91.2 cm³/mol. The maximum absolute atomic E-state index is 12.3. The van der Waals surface area contributed by atoms with Gasteiger partial charge in [0.1, 0.15) is 11.6 Å². The molecule has 0 spiro atoms. The second-order valence-electron chi connectivity index (χ2n) is 4.89. The number of methoxy groups -OCH3 is 1. The maximum Gasteiger partial charge on any atom is 0.339 e. The molecule has 0 aliphatic heterocycles. The van der Waals surface area contributed by atoms with Crippen molar-refractivity contribution < 1.29 is 14.3 Å². The molecule has 0 aliphatic rings. The molecule has 2 aromatic carbocycles. The minimum absolute atomic E-state index is 0.135. The molecule has 6 nitrogen and oxygen atoms in total. The van der Waals surface area contributed by atoms with Crippen LogP contribution in [0.15, 0.2) is 54.1 Å². The van der Waals surface area contributed by atoms with Crippen molar-refractivity contribution in [2.24, 2.45) is 0 Å². The van der Waals surface area contributed by atoms with Gasteiger partial charge < -0.3 is 10.1 Å². The number of carbonyl (C=O) groups excluding carboxylic acids is 2. The third-order valence-corrected chi connectivity index (χ3v) is 3.30. The number of para-hydroxylation sites is 1. The van der Waals surface area contributed by atoms with E-state index in [-0.39, 0.29) is 16.8 Å². The van der Waals surface area contributed by atoms with Crippen LogP contribution in [0.5, 0.6) is 0 Å². The highest BCUT2D eigenvalue weighted by Gasteiger charge is 2.15. The summed E-state index contributed by atoms with van der Waals surface area (Å²) in [5, 5.41) is 20.6. The number of carbonyl (C=O) groups is 2. The Morgan fingerprint density at radius 1 is 1.08 bits per heavy atom. The summed E-state index contributed by atoms with van der Waals surface area (Å²) >= 11 is 0. The lowest BCUT2D eigenvalue weighted by molar-refractivity contribution is -0.112. The largest absolute Gasteiger partial charge is 0.465 e. The van der Waals surface area contributed by atoms with Crippen LogP contribution in [-0.2, 0) is 9.53 Å².